The van der Waals surface area contributed by atoms with Crippen LogP contribution in [0.2, 0.25) is 0 Å². The summed E-state index contributed by atoms with van der Waals surface area (Å²) in [6.07, 6.45) is 4.91. The number of aryl methyl sites for hydroxylation is 1. The molecule has 0 bridgehead atoms. The molecular formula is C22H22FN6O+. The van der Waals surface area contributed by atoms with Gasteiger partial charge in [-0.05, 0) is 24.6 Å². The van der Waals surface area contributed by atoms with Gasteiger partial charge in [0, 0.05) is 29.7 Å². The number of imidazole rings is 1. The van der Waals surface area contributed by atoms with Crippen LogP contribution in [-0.2, 0) is 0 Å². The molecule has 0 radical (unpaired) electrons. The lowest BCUT2D eigenvalue weighted by Crippen LogP contribution is -2.30. The Kier molecular flexibility index (Phi) is 5.14. The number of aromatic nitrogens is 2. The van der Waals surface area contributed by atoms with Crippen LogP contribution in [0, 0.1) is 12.8 Å². The number of H-pyrrole nitrogens is 1. The Morgan fingerprint density at radius 2 is 2.20 bits per heavy atom. The summed E-state index contributed by atoms with van der Waals surface area (Å²) < 4.78 is 15.1. The Morgan fingerprint density at radius 1 is 1.37 bits per heavy atom. The Labute approximate surface area is 172 Å². The van der Waals surface area contributed by atoms with E-state index in [2.05, 4.69) is 20.3 Å². The fourth-order valence-corrected chi connectivity index (χ4v) is 3.29. The van der Waals surface area contributed by atoms with Gasteiger partial charge in [-0.1, -0.05) is 25.1 Å². The standard InChI is InChI=1S/C22H21FN6O/c1-13-6-7-15(20(24)28-21-14(2)9-16(23)11-26-21)10-17(13)27-22(30)18-12-25-19-5-3-4-8-29(18)19/h3-8,10-12,14H,9H2,1-2H3,(H3,24,26,27,28,30)/p+1. The van der Waals surface area contributed by atoms with E-state index in [1.807, 2.05) is 50.4 Å². The second kappa shape index (κ2) is 7.90. The average Bonchev–Trinajstić information content (AvgIpc) is 3.16. The van der Waals surface area contributed by atoms with Gasteiger partial charge in [0.2, 0.25) is 5.69 Å². The van der Waals surface area contributed by atoms with Gasteiger partial charge in [0.25, 0.3) is 11.6 Å². The van der Waals surface area contributed by atoms with Crippen molar-refractivity contribution in [1.29, 1.82) is 0 Å². The van der Waals surface area contributed by atoms with E-state index in [0.717, 1.165) is 11.2 Å². The van der Waals surface area contributed by atoms with Gasteiger partial charge in [0.05, 0.1) is 12.4 Å². The van der Waals surface area contributed by atoms with Gasteiger partial charge in [-0.3, -0.25) is 4.79 Å². The molecule has 0 fully saturated rings. The van der Waals surface area contributed by atoms with Crippen molar-refractivity contribution in [2.24, 2.45) is 21.6 Å². The molecular weight excluding hydrogens is 383 g/mol. The first-order valence-electron chi connectivity index (χ1n) is 9.59. The van der Waals surface area contributed by atoms with Gasteiger partial charge < -0.3 is 11.1 Å². The molecule has 30 heavy (non-hydrogen) atoms. The van der Waals surface area contributed by atoms with Crippen molar-refractivity contribution in [3.63, 3.8) is 0 Å². The minimum atomic E-state index is -0.268. The SMILES string of the molecule is Cc1ccc(C(N)=NC2=NC=C(F)CC2C)cc1NC(=O)c1c[nH]c2cccc[n+]12. The van der Waals surface area contributed by atoms with E-state index in [-0.39, 0.29) is 29.9 Å². The molecule has 3 heterocycles. The lowest BCUT2D eigenvalue weighted by atomic mass is 10.0. The predicted molar refractivity (Wildman–Crippen MR) is 114 cm³/mol. The maximum absolute atomic E-state index is 13.3. The molecule has 0 saturated carbocycles. The molecule has 8 heteroatoms. The van der Waals surface area contributed by atoms with Crippen LogP contribution in [0.5, 0.6) is 0 Å². The summed E-state index contributed by atoms with van der Waals surface area (Å²) in [5.41, 5.74) is 9.64. The van der Waals surface area contributed by atoms with E-state index in [1.165, 1.54) is 6.20 Å². The number of aromatic amines is 1. The summed E-state index contributed by atoms with van der Waals surface area (Å²) in [4.78, 5) is 24.3. The highest BCUT2D eigenvalue weighted by Gasteiger charge is 2.20. The number of halogens is 1. The first kappa shape index (κ1) is 19.5. The number of amides is 1. The second-order valence-electron chi connectivity index (χ2n) is 7.28. The number of nitrogens with zero attached hydrogens (tertiary/aromatic N) is 3. The second-order valence-corrected chi connectivity index (χ2v) is 7.28. The number of hydrogen-bond acceptors (Lipinski definition) is 3. The van der Waals surface area contributed by atoms with E-state index in [0.29, 0.717) is 22.8 Å². The van der Waals surface area contributed by atoms with Crippen molar-refractivity contribution in [2.45, 2.75) is 20.3 Å². The average molecular weight is 405 g/mol. The van der Waals surface area contributed by atoms with Crippen molar-refractivity contribution in [1.82, 2.24) is 4.98 Å². The quantitative estimate of drug-likeness (QED) is 0.354. The largest absolute Gasteiger partial charge is 0.383 e. The highest BCUT2D eigenvalue weighted by Crippen LogP contribution is 2.21. The zero-order valence-corrected chi connectivity index (χ0v) is 16.7. The van der Waals surface area contributed by atoms with Crippen LogP contribution in [0.25, 0.3) is 5.65 Å². The number of nitrogens with two attached hydrogens (primary N) is 1. The number of anilines is 1. The fourth-order valence-electron chi connectivity index (χ4n) is 3.29. The van der Waals surface area contributed by atoms with Crippen molar-refractivity contribution >= 4 is 28.9 Å². The predicted octanol–water partition coefficient (Wildman–Crippen LogP) is 3.27. The molecule has 0 spiro atoms. The van der Waals surface area contributed by atoms with Crippen molar-refractivity contribution < 1.29 is 13.6 Å². The molecule has 152 valence electrons. The lowest BCUT2D eigenvalue weighted by molar-refractivity contribution is -0.512. The molecule has 4 N–H and O–H groups in total. The number of nitrogens with one attached hydrogen (secondary N) is 2. The van der Waals surface area contributed by atoms with Gasteiger partial charge in [-0.25, -0.2) is 19.4 Å². The molecule has 4 rings (SSSR count). The number of rotatable bonds is 3. The van der Waals surface area contributed by atoms with Gasteiger partial charge in [0.15, 0.2) is 0 Å². The van der Waals surface area contributed by atoms with Crippen LogP contribution in [-0.4, -0.2) is 22.6 Å². The van der Waals surface area contributed by atoms with E-state index < -0.39 is 0 Å². The van der Waals surface area contributed by atoms with Crippen molar-refractivity contribution in [3.05, 3.63) is 77.6 Å². The zero-order chi connectivity index (χ0) is 21.3. The summed E-state index contributed by atoms with van der Waals surface area (Å²) in [7, 11) is 0. The molecule has 3 aromatic rings. The van der Waals surface area contributed by atoms with E-state index in [9.17, 15) is 9.18 Å². The number of aliphatic imine (C=N–C) groups is 2. The Morgan fingerprint density at radius 3 is 3.00 bits per heavy atom. The van der Waals surface area contributed by atoms with Crippen molar-refractivity contribution in [2.75, 3.05) is 5.32 Å². The summed E-state index contributed by atoms with van der Waals surface area (Å²) in [5, 5.41) is 2.94. The normalized spacial score (nSPS) is 16.9. The Balaban J connectivity index is 1.60. The minimum Gasteiger partial charge on any atom is -0.383 e. The van der Waals surface area contributed by atoms with Crippen molar-refractivity contribution in [3.8, 4) is 0 Å². The van der Waals surface area contributed by atoms with E-state index in [4.69, 9.17) is 5.73 Å². The van der Waals surface area contributed by atoms with E-state index >= 15 is 0 Å². The van der Waals surface area contributed by atoms with Crippen LogP contribution >= 0.6 is 0 Å². The summed E-state index contributed by atoms with van der Waals surface area (Å²) in [6, 6.07) is 11.1. The third-order valence-corrected chi connectivity index (χ3v) is 5.00. The first-order valence-corrected chi connectivity index (χ1v) is 9.59. The fraction of sp³-hybridized carbons (Fsp3) is 0.182. The number of fused-ring (bicyclic) bond motifs is 1. The van der Waals surface area contributed by atoms with Crippen LogP contribution in [0.15, 0.2) is 70.8 Å². The minimum absolute atomic E-state index is 0.155. The molecule has 1 aliphatic rings. The first-order chi connectivity index (χ1) is 14.4. The van der Waals surface area contributed by atoms with Gasteiger partial charge in [-0.2, -0.15) is 4.40 Å². The van der Waals surface area contributed by atoms with Crippen LogP contribution in [0.1, 0.15) is 35.0 Å². The molecule has 1 aromatic carbocycles. The molecule has 2 aromatic heterocycles. The Bertz CT molecular complexity index is 1220. The van der Waals surface area contributed by atoms with Crippen LogP contribution in [0.3, 0.4) is 0 Å². The number of pyridine rings is 1. The van der Waals surface area contributed by atoms with Crippen LogP contribution < -0.4 is 15.5 Å². The number of amidine groups is 2. The summed E-state index contributed by atoms with van der Waals surface area (Å²) >= 11 is 0. The maximum atomic E-state index is 13.3. The molecule has 1 amide bonds. The third kappa shape index (κ3) is 3.84. The number of hydrogen-bond donors (Lipinski definition) is 3. The molecule has 1 unspecified atom stereocenters. The smallest absolute Gasteiger partial charge is 0.299 e. The number of carbonyl (C=O) groups is 1. The highest BCUT2D eigenvalue weighted by atomic mass is 19.1. The molecule has 1 atom stereocenters. The number of carbonyl (C=O) groups excluding carboxylic acids is 1. The van der Waals surface area contributed by atoms with E-state index in [1.54, 1.807) is 16.7 Å². The number of benzene rings is 1. The molecule has 7 nitrogen and oxygen atoms in total. The summed E-state index contributed by atoms with van der Waals surface area (Å²) in [5.74, 6) is 0.0650. The molecule has 1 aliphatic heterocycles. The maximum Gasteiger partial charge on any atom is 0.299 e. The Hall–Kier alpha value is -3.81. The third-order valence-electron chi connectivity index (χ3n) is 5.00. The molecule has 0 saturated heterocycles. The summed E-state index contributed by atoms with van der Waals surface area (Å²) in [6.45, 7) is 3.75. The zero-order valence-electron chi connectivity index (χ0n) is 16.7. The lowest BCUT2D eigenvalue weighted by Gasteiger charge is -2.14. The topological polar surface area (TPSA) is 99.7 Å². The monoisotopic (exact) mass is 405 g/mol. The van der Waals surface area contributed by atoms with Crippen LogP contribution in [0.4, 0.5) is 10.1 Å². The highest BCUT2D eigenvalue weighted by molar-refractivity contribution is 6.08. The number of allylic oxidation sites excluding steroid dienone is 1. The van der Waals surface area contributed by atoms with Gasteiger partial charge >= 0.3 is 0 Å². The molecule has 0 aliphatic carbocycles. The van der Waals surface area contributed by atoms with Gasteiger partial charge in [-0.15, -0.1) is 0 Å². The van der Waals surface area contributed by atoms with Gasteiger partial charge in [0.1, 0.15) is 23.7 Å².